The summed E-state index contributed by atoms with van der Waals surface area (Å²) in [6.07, 6.45) is 1.97. The molecule has 0 heterocycles. The predicted octanol–water partition coefficient (Wildman–Crippen LogP) is 7.25. The molecule has 0 unspecified atom stereocenters. The molecule has 1 atom stereocenters. The first kappa shape index (κ1) is 30.3. The first-order valence-electron chi connectivity index (χ1n) is 15.3. The molecule has 0 saturated carbocycles. The molecule has 4 aromatic carbocycles. The number of nitrogens with one attached hydrogen (secondary N) is 1. The van der Waals surface area contributed by atoms with Gasteiger partial charge in [0.05, 0.1) is 14.7 Å². The highest BCUT2D eigenvalue weighted by Crippen LogP contribution is 2.44. The van der Waals surface area contributed by atoms with Crippen molar-refractivity contribution < 1.29 is 19.1 Å². The summed E-state index contributed by atoms with van der Waals surface area (Å²) in [5, 5.41) is 4.17. The molecule has 5 rings (SSSR count). The number of hydrogen-bond acceptors (Lipinski definition) is 4. The highest BCUT2D eigenvalue weighted by Gasteiger charge is 2.30. The molecule has 43 heavy (non-hydrogen) atoms. The van der Waals surface area contributed by atoms with E-state index in [1.165, 1.54) is 34.3 Å². The summed E-state index contributed by atoms with van der Waals surface area (Å²) >= 11 is 0. The lowest BCUT2D eigenvalue weighted by Gasteiger charge is -2.24. The van der Waals surface area contributed by atoms with Crippen LogP contribution in [0.4, 0.5) is 4.79 Å². The van der Waals surface area contributed by atoms with Gasteiger partial charge in [-0.25, -0.2) is 9.59 Å². The molecular weight excluding hydrogens is 550 g/mol. The fourth-order valence-electron chi connectivity index (χ4n) is 6.07. The summed E-state index contributed by atoms with van der Waals surface area (Å²) in [4.78, 5) is 25.8. The number of carbonyl (C=O) groups is 2. The van der Waals surface area contributed by atoms with Crippen LogP contribution in [0.5, 0.6) is 0 Å². The molecular formula is C37H41NO4Si. The number of carbonyl (C=O) groups excluding carboxylic acids is 2. The van der Waals surface area contributed by atoms with Gasteiger partial charge in [0.2, 0.25) is 0 Å². The van der Waals surface area contributed by atoms with Crippen molar-refractivity contribution in [2.75, 3.05) is 13.2 Å². The van der Waals surface area contributed by atoms with Crippen LogP contribution in [0.3, 0.4) is 0 Å². The molecule has 0 bridgehead atoms. The van der Waals surface area contributed by atoms with Crippen LogP contribution in [0.15, 0.2) is 103 Å². The molecule has 1 amide bonds. The molecule has 1 N–H and O–H groups in total. The van der Waals surface area contributed by atoms with Crippen molar-refractivity contribution in [1.82, 2.24) is 5.32 Å². The number of ether oxygens (including phenoxy) is 2. The number of alkyl carbamates (subject to hydrolysis) is 1. The Balaban J connectivity index is 1.19. The number of aryl methyl sites for hydroxylation is 1. The maximum atomic E-state index is 13.0. The van der Waals surface area contributed by atoms with Gasteiger partial charge in [-0.15, -0.1) is 0 Å². The van der Waals surface area contributed by atoms with E-state index in [1.54, 1.807) is 6.92 Å². The lowest BCUT2D eigenvalue weighted by Crippen LogP contribution is -2.44. The minimum atomic E-state index is -1.61. The van der Waals surface area contributed by atoms with E-state index in [2.05, 4.69) is 97.3 Å². The number of esters is 1. The Hall–Kier alpha value is -4.16. The van der Waals surface area contributed by atoms with Crippen molar-refractivity contribution in [1.29, 1.82) is 0 Å². The zero-order valence-corrected chi connectivity index (χ0v) is 26.3. The van der Waals surface area contributed by atoms with Crippen molar-refractivity contribution in [3.8, 4) is 11.1 Å². The van der Waals surface area contributed by atoms with Crippen LogP contribution >= 0.6 is 0 Å². The zero-order chi connectivity index (χ0) is 30.2. The van der Waals surface area contributed by atoms with Gasteiger partial charge >= 0.3 is 12.1 Å². The van der Waals surface area contributed by atoms with Crippen LogP contribution in [0, 0.1) is 0 Å². The van der Waals surface area contributed by atoms with Crippen molar-refractivity contribution in [2.45, 2.75) is 57.3 Å². The van der Waals surface area contributed by atoms with Crippen LogP contribution in [-0.2, 0) is 27.1 Å². The Morgan fingerprint density at radius 1 is 0.767 bits per heavy atom. The number of hydrogen-bond donors (Lipinski definition) is 1. The predicted molar refractivity (Wildman–Crippen MR) is 175 cm³/mol. The molecule has 0 spiro atoms. The summed E-state index contributed by atoms with van der Waals surface area (Å²) in [7, 11) is -1.61. The molecule has 0 saturated heterocycles. The summed E-state index contributed by atoms with van der Waals surface area (Å²) in [5.41, 5.74) is 6.98. The SMILES string of the molecule is CCOC(=O)[C@H](Cc1ccc([Si](C)(C)CCCc2ccccc2)cc1)NC(=O)OCC1c2ccccc2-c2ccccc21. The molecule has 0 fully saturated rings. The number of rotatable bonds is 12. The van der Waals surface area contributed by atoms with E-state index in [0.717, 1.165) is 23.1 Å². The van der Waals surface area contributed by atoms with E-state index in [4.69, 9.17) is 9.47 Å². The van der Waals surface area contributed by atoms with Crippen LogP contribution < -0.4 is 10.5 Å². The first-order valence-corrected chi connectivity index (χ1v) is 18.5. The van der Waals surface area contributed by atoms with E-state index in [9.17, 15) is 9.59 Å². The molecule has 222 valence electrons. The van der Waals surface area contributed by atoms with Crippen molar-refractivity contribution in [3.05, 3.63) is 125 Å². The summed E-state index contributed by atoms with van der Waals surface area (Å²) in [6, 6.07) is 36.0. The van der Waals surface area contributed by atoms with Crippen LogP contribution in [0.25, 0.3) is 11.1 Å². The quantitative estimate of drug-likeness (QED) is 0.139. The van der Waals surface area contributed by atoms with Gasteiger partial charge in [-0.05, 0) is 46.7 Å². The third-order valence-electron chi connectivity index (χ3n) is 8.49. The zero-order valence-electron chi connectivity index (χ0n) is 25.3. The number of amides is 1. The Labute approximate surface area is 256 Å². The maximum absolute atomic E-state index is 13.0. The van der Waals surface area contributed by atoms with Crippen molar-refractivity contribution in [3.63, 3.8) is 0 Å². The Morgan fingerprint density at radius 2 is 1.37 bits per heavy atom. The molecule has 5 nitrogen and oxygen atoms in total. The average Bonchev–Trinajstić information content (AvgIpc) is 3.34. The van der Waals surface area contributed by atoms with Gasteiger partial charge in [0, 0.05) is 12.3 Å². The second kappa shape index (κ2) is 13.9. The van der Waals surface area contributed by atoms with E-state index >= 15 is 0 Å². The summed E-state index contributed by atoms with van der Waals surface area (Å²) in [6.45, 7) is 7.01. The van der Waals surface area contributed by atoms with E-state index in [0.29, 0.717) is 6.42 Å². The molecule has 1 aliphatic rings. The lowest BCUT2D eigenvalue weighted by atomic mass is 9.98. The number of benzene rings is 4. The van der Waals surface area contributed by atoms with Crippen LogP contribution in [0.1, 0.15) is 41.5 Å². The molecule has 0 aliphatic heterocycles. The molecule has 4 aromatic rings. The van der Waals surface area contributed by atoms with Gasteiger partial charge in [-0.2, -0.15) is 0 Å². The second-order valence-corrected chi connectivity index (χ2v) is 16.7. The van der Waals surface area contributed by atoms with Gasteiger partial charge in [0.15, 0.2) is 0 Å². The summed E-state index contributed by atoms with van der Waals surface area (Å²) in [5.74, 6) is -0.511. The van der Waals surface area contributed by atoms with E-state index in [1.807, 2.05) is 24.3 Å². The first-order chi connectivity index (χ1) is 20.9. The molecule has 0 radical (unpaired) electrons. The van der Waals surface area contributed by atoms with Gasteiger partial charge in [0.1, 0.15) is 12.6 Å². The topological polar surface area (TPSA) is 64.6 Å². The van der Waals surface area contributed by atoms with Crippen LogP contribution in [0.2, 0.25) is 19.1 Å². The molecule has 0 aromatic heterocycles. The monoisotopic (exact) mass is 591 g/mol. The largest absolute Gasteiger partial charge is 0.464 e. The summed E-state index contributed by atoms with van der Waals surface area (Å²) < 4.78 is 11.0. The Kier molecular flexibility index (Phi) is 9.78. The highest BCUT2D eigenvalue weighted by molar-refractivity contribution is 6.89. The average molecular weight is 592 g/mol. The van der Waals surface area contributed by atoms with Crippen molar-refractivity contribution in [2.24, 2.45) is 0 Å². The van der Waals surface area contributed by atoms with Gasteiger partial charge in [0.25, 0.3) is 0 Å². The number of fused-ring (bicyclic) bond motifs is 3. The van der Waals surface area contributed by atoms with Gasteiger partial charge in [-0.3, -0.25) is 0 Å². The van der Waals surface area contributed by atoms with Crippen molar-refractivity contribution >= 4 is 25.3 Å². The minimum Gasteiger partial charge on any atom is -0.464 e. The minimum absolute atomic E-state index is 0.0491. The second-order valence-electron chi connectivity index (χ2n) is 11.9. The Bertz CT molecular complexity index is 1490. The lowest BCUT2D eigenvalue weighted by molar-refractivity contribution is -0.145. The highest BCUT2D eigenvalue weighted by atomic mass is 28.3. The molecule has 1 aliphatic carbocycles. The smallest absolute Gasteiger partial charge is 0.407 e. The fourth-order valence-corrected chi connectivity index (χ4v) is 8.49. The maximum Gasteiger partial charge on any atom is 0.407 e. The van der Waals surface area contributed by atoms with E-state index < -0.39 is 26.2 Å². The van der Waals surface area contributed by atoms with E-state index in [-0.39, 0.29) is 19.1 Å². The normalized spacial score (nSPS) is 13.1. The standard InChI is InChI=1S/C37H41NO4Si/c1-4-41-36(39)35(25-28-20-22-29(23-21-28)43(2,3)24-12-15-27-13-6-5-7-14-27)38-37(40)42-26-34-32-18-10-8-16-30(32)31-17-9-11-19-33(31)34/h5-11,13-14,16-23,34-35H,4,12,15,24-26H2,1-3H3,(H,38,40)/t35-/m0/s1. The molecule has 6 heteroatoms. The van der Waals surface area contributed by atoms with Crippen LogP contribution in [-0.4, -0.2) is 39.4 Å². The fraction of sp³-hybridized carbons (Fsp3) is 0.297. The third kappa shape index (κ3) is 7.44. The van der Waals surface area contributed by atoms with Gasteiger partial charge in [-0.1, -0.05) is 134 Å². The van der Waals surface area contributed by atoms with Gasteiger partial charge < -0.3 is 14.8 Å². The Morgan fingerprint density at radius 3 is 2.00 bits per heavy atom. The third-order valence-corrected chi connectivity index (χ3v) is 12.0.